The summed E-state index contributed by atoms with van der Waals surface area (Å²) in [5.41, 5.74) is 0.878. The number of carboxylic acid groups (broad SMARTS) is 1. The lowest BCUT2D eigenvalue weighted by Gasteiger charge is -2.25. The second kappa shape index (κ2) is 6.19. The Kier molecular flexibility index (Phi) is 4.20. The maximum absolute atomic E-state index is 13.2. The van der Waals surface area contributed by atoms with E-state index in [1.165, 1.54) is 40.9 Å². The Morgan fingerprint density at radius 3 is 2.64 bits per heavy atom. The summed E-state index contributed by atoms with van der Waals surface area (Å²) in [5, 5.41) is 23.5. The fraction of sp³-hybridized carbons (Fsp3) is 0.353. The second-order valence-electron chi connectivity index (χ2n) is 6.20. The molecule has 25 heavy (non-hydrogen) atoms. The zero-order valence-electron chi connectivity index (χ0n) is 13.8. The molecule has 1 atom stereocenters. The van der Waals surface area contributed by atoms with Crippen molar-refractivity contribution in [3.63, 3.8) is 0 Å². The van der Waals surface area contributed by atoms with E-state index >= 15 is 0 Å². The number of carbonyl (C=O) groups excluding carboxylic acids is 1. The van der Waals surface area contributed by atoms with Crippen molar-refractivity contribution in [2.45, 2.75) is 38.8 Å². The summed E-state index contributed by atoms with van der Waals surface area (Å²) in [7, 11) is 0. The highest BCUT2D eigenvalue weighted by Gasteiger charge is 2.40. The number of rotatable bonds is 5. The Morgan fingerprint density at radius 2 is 2.08 bits per heavy atom. The summed E-state index contributed by atoms with van der Waals surface area (Å²) in [6.45, 7) is 3.11. The Bertz CT molecular complexity index is 844. The number of aromatic nitrogens is 2. The standard InChI is InChI=1S/C17H18FN3O4/c1-9-7-11(18)3-6-13(9)20-8-14(22)15(19-20)16(23)21(12-4-5-12)10(2)17(24)25/h3,6-8,10,12,22H,4-5H2,1-2H3,(H,24,25). The van der Waals surface area contributed by atoms with E-state index in [2.05, 4.69) is 5.10 Å². The molecule has 1 aliphatic rings. The summed E-state index contributed by atoms with van der Waals surface area (Å²) < 4.78 is 14.5. The predicted molar refractivity (Wildman–Crippen MR) is 86.2 cm³/mol. The Balaban J connectivity index is 1.96. The van der Waals surface area contributed by atoms with Crippen molar-refractivity contribution in [2.24, 2.45) is 0 Å². The van der Waals surface area contributed by atoms with Gasteiger partial charge in [0.1, 0.15) is 11.9 Å². The van der Waals surface area contributed by atoms with Crippen molar-refractivity contribution >= 4 is 11.9 Å². The second-order valence-corrected chi connectivity index (χ2v) is 6.20. The lowest BCUT2D eigenvalue weighted by Crippen LogP contribution is -2.44. The highest BCUT2D eigenvalue weighted by molar-refractivity contribution is 5.97. The molecule has 1 unspecified atom stereocenters. The Labute approximate surface area is 143 Å². The van der Waals surface area contributed by atoms with Gasteiger partial charge in [-0.15, -0.1) is 0 Å². The molecule has 1 amide bonds. The van der Waals surface area contributed by atoms with E-state index in [9.17, 15) is 24.2 Å². The van der Waals surface area contributed by atoms with E-state index < -0.39 is 23.7 Å². The summed E-state index contributed by atoms with van der Waals surface area (Å²) in [4.78, 5) is 25.3. The van der Waals surface area contributed by atoms with Crippen LogP contribution in [-0.4, -0.2) is 48.9 Å². The van der Waals surface area contributed by atoms with Gasteiger partial charge >= 0.3 is 5.97 Å². The molecule has 3 rings (SSSR count). The first-order valence-electron chi connectivity index (χ1n) is 7.90. The molecule has 2 aromatic rings. The molecular formula is C17H18FN3O4. The first-order valence-corrected chi connectivity index (χ1v) is 7.90. The van der Waals surface area contributed by atoms with Crippen molar-refractivity contribution < 1.29 is 24.2 Å². The molecule has 0 aliphatic heterocycles. The van der Waals surface area contributed by atoms with E-state index in [0.29, 0.717) is 11.3 Å². The molecule has 0 bridgehead atoms. The number of aryl methyl sites for hydroxylation is 1. The molecule has 0 spiro atoms. The molecule has 1 heterocycles. The Morgan fingerprint density at radius 1 is 1.40 bits per heavy atom. The van der Waals surface area contributed by atoms with Crippen LogP contribution in [0.2, 0.25) is 0 Å². The highest BCUT2D eigenvalue weighted by Crippen LogP contribution is 2.32. The zero-order chi connectivity index (χ0) is 18.3. The van der Waals surface area contributed by atoms with E-state index in [4.69, 9.17) is 0 Å². The van der Waals surface area contributed by atoms with Gasteiger partial charge in [0.15, 0.2) is 11.4 Å². The maximum Gasteiger partial charge on any atom is 0.326 e. The van der Waals surface area contributed by atoms with Crippen molar-refractivity contribution in [2.75, 3.05) is 0 Å². The van der Waals surface area contributed by atoms with Crippen LogP contribution >= 0.6 is 0 Å². The van der Waals surface area contributed by atoms with Gasteiger partial charge in [-0.3, -0.25) is 4.79 Å². The van der Waals surface area contributed by atoms with E-state index in [-0.39, 0.29) is 17.5 Å². The van der Waals surface area contributed by atoms with Crippen molar-refractivity contribution in [1.82, 2.24) is 14.7 Å². The quantitative estimate of drug-likeness (QED) is 0.864. The highest BCUT2D eigenvalue weighted by atomic mass is 19.1. The summed E-state index contributed by atoms with van der Waals surface area (Å²) >= 11 is 0. The van der Waals surface area contributed by atoms with Gasteiger partial charge in [0.05, 0.1) is 11.9 Å². The lowest BCUT2D eigenvalue weighted by molar-refractivity contribution is -0.141. The summed E-state index contributed by atoms with van der Waals surface area (Å²) in [6.07, 6.45) is 2.70. The number of carbonyl (C=O) groups is 2. The molecule has 0 saturated heterocycles. The number of aliphatic carboxylic acids is 1. The van der Waals surface area contributed by atoms with Crippen LogP contribution in [-0.2, 0) is 4.79 Å². The average molecular weight is 347 g/mol. The normalized spacial score (nSPS) is 15.0. The predicted octanol–water partition coefficient (Wildman–Crippen LogP) is 2.10. The topological polar surface area (TPSA) is 95.7 Å². The average Bonchev–Trinajstić information content (AvgIpc) is 3.29. The van der Waals surface area contributed by atoms with Crippen LogP contribution in [0.5, 0.6) is 5.75 Å². The van der Waals surface area contributed by atoms with Crippen LogP contribution in [0.4, 0.5) is 4.39 Å². The van der Waals surface area contributed by atoms with Gasteiger partial charge < -0.3 is 15.1 Å². The number of benzene rings is 1. The molecule has 0 radical (unpaired) electrons. The van der Waals surface area contributed by atoms with Crippen molar-refractivity contribution in [1.29, 1.82) is 0 Å². The minimum Gasteiger partial charge on any atom is -0.504 e. The SMILES string of the molecule is Cc1cc(F)ccc1-n1cc(O)c(C(=O)N(C2CC2)C(C)C(=O)O)n1. The first-order chi connectivity index (χ1) is 11.8. The third-order valence-electron chi connectivity index (χ3n) is 4.25. The van der Waals surface area contributed by atoms with Crippen molar-refractivity contribution in [3.8, 4) is 11.4 Å². The van der Waals surface area contributed by atoms with Crippen LogP contribution in [0.3, 0.4) is 0 Å². The van der Waals surface area contributed by atoms with E-state index in [0.717, 1.165) is 12.8 Å². The molecule has 1 saturated carbocycles. The molecule has 132 valence electrons. The number of amides is 1. The summed E-state index contributed by atoms with van der Waals surface area (Å²) in [5.74, 6) is -2.50. The van der Waals surface area contributed by atoms with Gasteiger partial charge in [-0.25, -0.2) is 13.9 Å². The maximum atomic E-state index is 13.2. The van der Waals surface area contributed by atoms with Crippen LogP contribution in [0.1, 0.15) is 35.8 Å². The largest absolute Gasteiger partial charge is 0.504 e. The molecule has 1 aromatic heterocycles. The fourth-order valence-corrected chi connectivity index (χ4v) is 2.77. The molecule has 7 nitrogen and oxygen atoms in total. The minimum absolute atomic E-state index is 0.157. The zero-order valence-corrected chi connectivity index (χ0v) is 13.8. The van der Waals surface area contributed by atoms with Crippen LogP contribution in [0, 0.1) is 12.7 Å². The van der Waals surface area contributed by atoms with Crippen LogP contribution < -0.4 is 0 Å². The molecule has 8 heteroatoms. The number of carboxylic acids is 1. The van der Waals surface area contributed by atoms with E-state index in [1.54, 1.807) is 6.92 Å². The van der Waals surface area contributed by atoms with E-state index in [1.807, 2.05) is 0 Å². The van der Waals surface area contributed by atoms with Gasteiger partial charge in [-0.1, -0.05) is 0 Å². The van der Waals surface area contributed by atoms with Gasteiger partial charge in [0.2, 0.25) is 0 Å². The van der Waals surface area contributed by atoms with Gasteiger partial charge in [-0.2, -0.15) is 5.10 Å². The third-order valence-corrected chi connectivity index (χ3v) is 4.25. The van der Waals surface area contributed by atoms with Crippen LogP contribution in [0.15, 0.2) is 24.4 Å². The van der Waals surface area contributed by atoms with Crippen LogP contribution in [0.25, 0.3) is 5.69 Å². The lowest BCUT2D eigenvalue weighted by atomic mass is 10.2. The molecule has 1 aliphatic carbocycles. The van der Waals surface area contributed by atoms with Crippen molar-refractivity contribution in [3.05, 3.63) is 41.5 Å². The number of halogens is 1. The third kappa shape index (κ3) is 3.19. The van der Waals surface area contributed by atoms with Gasteiger partial charge in [-0.05, 0) is 50.5 Å². The fourth-order valence-electron chi connectivity index (χ4n) is 2.77. The monoisotopic (exact) mass is 347 g/mol. The molecular weight excluding hydrogens is 329 g/mol. The number of hydrogen-bond acceptors (Lipinski definition) is 4. The minimum atomic E-state index is -1.12. The van der Waals surface area contributed by atoms with Gasteiger partial charge in [0, 0.05) is 6.04 Å². The summed E-state index contributed by atoms with van der Waals surface area (Å²) in [6, 6.07) is 2.89. The van der Waals surface area contributed by atoms with Gasteiger partial charge in [0.25, 0.3) is 5.91 Å². The molecule has 1 fully saturated rings. The Hall–Kier alpha value is -2.90. The smallest absolute Gasteiger partial charge is 0.326 e. The number of hydrogen-bond donors (Lipinski definition) is 2. The first kappa shape index (κ1) is 16.9. The molecule has 1 aromatic carbocycles. The number of aromatic hydroxyl groups is 1. The molecule has 2 N–H and O–H groups in total. The number of nitrogens with zero attached hydrogens (tertiary/aromatic N) is 3.